The van der Waals surface area contributed by atoms with E-state index in [0.717, 1.165) is 16.9 Å². The highest BCUT2D eigenvalue weighted by atomic mass is 16.5. The molecule has 25 heavy (non-hydrogen) atoms. The molecule has 2 rings (SSSR count). The van der Waals surface area contributed by atoms with Gasteiger partial charge in [-0.2, -0.15) is 0 Å². The van der Waals surface area contributed by atoms with Gasteiger partial charge in [0, 0.05) is 6.42 Å². The summed E-state index contributed by atoms with van der Waals surface area (Å²) in [6.07, 6.45) is 1.05. The average Bonchev–Trinajstić information content (AvgIpc) is 2.66. The van der Waals surface area contributed by atoms with Crippen LogP contribution in [0.3, 0.4) is 0 Å². The van der Waals surface area contributed by atoms with E-state index < -0.39 is 0 Å². The quantitative estimate of drug-likeness (QED) is 0.797. The van der Waals surface area contributed by atoms with Gasteiger partial charge < -0.3 is 19.5 Å². The maximum absolute atomic E-state index is 12.2. The zero-order valence-electron chi connectivity index (χ0n) is 15.2. The monoisotopic (exact) mass is 343 g/mol. The topological polar surface area (TPSA) is 56.8 Å². The normalized spacial score (nSPS) is 11.5. The summed E-state index contributed by atoms with van der Waals surface area (Å²) in [5, 5.41) is 3.02. The standard InChI is InChI=1S/C20H25NO4/c1-14(16-7-9-17(23-2)10-8-16)21-20(22)12-6-15-5-11-18(24-3)19(13-15)25-4/h5,7-11,13-14H,6,12H2,1-4H3,(H,21,22)/t14-/m1/s1. The van der Waals surface area contributed by atoms with E-state index in [1.165, 1.54) is 0 Å². The molecule has 2 aromatic carbocycles. The molecule has 0 unspecified atom stereocenters. The van der Waals surface area contributed by atoms with Crippen LogP contribution in [0.1, 0.15) is 30.5 Å². The van der Waals surface area contributed by atoms with Crippen molar-refractivity contribution in [3.8, 4) is 17.2 Å². The van der Waals surface area contributed by atoms with Gasteiger partial charge in [-0.15, -0.1) is 0 Å². The maximum atomic E-state index is 12.2. The van der Waals surface area contributed by atoms with Gasteiger partial charge in [0.25, 0.3) is 0 Å². The van der Waals surface area contributed by atoms with Crippen LogP contribution in [-0.2, 0) is 11.2 Å². The molecule has 0 fully saturated rings. The summed E-state index contributed by atoms with van der Waals surface area (Å²) in [5.41, 5.74) is 2.07. The second kappa shape index (κ2) is 8.97. The van der Waals surface area contributed by atoms with Crippen molar-refractivity contribution in [2.24, 2.45) is 0 Å². The summed E-state index contributed by atoms with van der Waals surface area (Å²) in [7, 11) is 4.84. The van der Waals surface area contributed by atoms with Crippen molar-refractivity contribution in [1.82, 2.24) is 5.32 Å². The molecule has 0 aliphatic heterocycles. The predicted molar refractivity (Wildman–Crippen MR) is 97.4 cm³/mol. The van der Waals surface area contributed by atoms with Crippen molar-refractivity contribution in [3.63, 3.8) is 0 Å². The van der Waals surface area contributed by atoms with E-state index in [2.05, 4.69) is 5.32 Å². The number of hydrogen-bond donors (Lipinski definition) is 1. The molecule has 134 valence electrons. The number of rotatable bonds is 8. The molecule has 0 bridgehead atoms. The van der Waals surface area contributed by atoms with E-state index in [1.807, 2.05) is 49.4 Å². The Bertz CT molecular complexity index is 697. The van der Waals surface area contributed by atoms with Crippen molar-refractivity contribution >= 4 is 5.91 Å². The highest BCUT2D eigenvalue weighted by Gasteiger charge is 2.11. The average molecular weight is 343 g/mol. The number of carbonyl (C=O) groups is 1. The van der Waals surface area contributed by atoms with Crippen LogP contribution in [0.4, 0.5) is 0 Å². The van der Waals surface area contributed by atoms with Gasteiger partial charge in [-0.05, 0) is 48.7 Å². The van der Waals surface area contributed by atoms with Gasteiger partial charge in [-0.1, -0.05) is 18.2 Å². The van der Waals surface area contributed by atoms with Crippen LogP contribution in [0.2, 0.25) is 0 Å². The van der Waals surface area contributed by atoms with Crippen LogP contribution in [0.25, 0.3) is 0 Å². The summed E-state index contributed by atoms with van der Waals surface area (Å²) in [5.74, 6) is 2.17. The van der Waals surface area contributed by atoms with Crippen molar-refractivity contribution < 1.29 is 19.0 Å². The molecule has 0 spiro atoms. The van der Waals surface area contributed by atoms with Crippen molar-refractivity contribution in [1.29, 1.82) is 0 Å². The first kappa shape index (κ1) is 18.6. The van der Waals surface area contributed by atoms with Gasteiger partial charge in [0.15, 0.2) is 11.5 Å². The number of nitrogens with one attached hydrogen (secondary N) is 1. The fraction of sp³-hybridized carbons (Fsp3) is 0.350. The summed E-state index contributed by atoms with van der Waals surface area (Å²) in [6.45, 7) is 1.97. The number of amides is 1. The Balaban J connectivity index is 1.89. The van der Waals surface area contributed by atoms with Gasteiger partial charge in [0.05, 0.1) is 27.4 Å². The van der Waals surface area contributed by atoms with Crippen molar-refractivity contribution in [2.75, 3.05) is 21.3 Å². The number of methoxy groups -OCH3 is 3. The van der Waals surface area contributed by atoms with E-state index in [1.54, 1.807) is 21.3 Å². The van der Waals surface area contributed by atoms with E-state index in [4.69, 9.17) is 14.2 Å². The molecule has 0 aromatic heterocycles. The van der Waals surface area contributed by atoms with E-state index in [9.17, 15) is 4.79 Å². The fourth-order valence-electron chi connectivity index (χ4n) is 2.58. The lowest BCUT2D eigenvalue weighted by Gasteiger charge is -2.15. The highest BCUT2D eigenvalue weighted by Crippen LogP contribution is 2.28. The minimum absolute atomic E-state index is 0.0121. The van der Waals surface area contributed by atoms with E-state index in [0.29, 0.717) is 24.3 Å². The molecule has 0 heterocycles. The van der Waals surface area contributed by atoms with Gasteiger partial charge in [0.1, 0.15) is 5.75 Å². The zero-order valence-corrected chi connectivity index (χ0v) is 15.2. The molecule has 1 amide bonds. The maximum Gasteiger partial charge on any atom is 0.220 e. The van der Waals surface area contributed by atoms with Gasteiger partial charge in [-0.25, -0.2) is 0 Å². The summed E-state index contributed by atoms with van der Waals surface area (Å²) in [6, 6.07) is 13.3. The number of hydrogen-bond acceptors (Lipinski definition) is 4. The van der Waals surface area contributed by atoms with Crippen molar-refractivity contribution in [2.45, 2.75) is 25.8 Å². The second-order valence-corrected chi connectivity index (χ2v) is 5.75. The lowest BCUT2D eigenvalue weighted by Crippen LogP contribution is -2.26. The summed E-state index contributed by atoms with van der Waals surface area (Å²) >= 11 is 0. The third kappa shape index (κ3) is 5.14. The number of carbonyl (C=O) groups excluding carboxylic acids is 1. The first-order valence-corrected chi connectivity index (χ1v) is 8.21. The molecular formula is C20H25NO4. The van der Waals surface area contributed by atoms with E-state index in [-0.39, 0.29) is 11.9 Å². The summed E-state index contributed by atoms with van der Waals surface area (Å²) < 4.78 is 15.7. The van der Waals surface area contributed by atoms with Gasteiger partial charge in [0.2, 0.25) is 5.91 Å². The molecule has 5 heteroatoms. The largest absolute Gasteiger partial charge is 0.497 e. The molecule has 0 aliphatic rings. The zero-order chi connectivity index (χ0) is 18.2. The Morgan fingerprint density at radius 3 is 2.24 bits per heavy atom. The number of benzene rings is 2. The van der Waals surface area contributed by atoms with Gasteiger partial charge in [-0.3, -0.25) is 4.79 Å². The molecule has 0 saturated carbocycles. The smallest absolute Gasteiger partial charge is 0.220 e. The number of ether oxygens (including phenoxy) is 3. The Morgan fingerprint density at radius 2 is 1.64 bits per heavy atom. The Labute approximate surface area is 148 Å². The molecular weight excluding hydrogens is 318 g/mol. The Morgan fingerprint density at radius 1 is 0.960 bits per heavy atom. The summed E-state index contributed by atoms with van der Waals surface area (Å²) in [4.78, 5) is 12.2. The molecule has 1 N–H and O–H groups in total. The minimum atomic E-state index is -0.0520. The first-order chi connectivity index (χ1) is 12.1. The van der Waals surface area contributed by atoms with Crippen LogP contribution < -0.4 is 19.5 Å². The fourth-order valence-corrected chi connectivity index (χ4v) is 2.58. The van der Waals surface area contributed by atoms with Crippen LogP contribution in [-0.4, -0.2) is 27.2 Å². The number of aryl methyl sites for hydroxylation is 1. The van der Waals surface area contributed by atoms with Crippen LogP contribution in [0, 0.1) is 0 Å². The highest BCUT2D eigenvalue weighted by molar-refractivity contribution is 5.76. The van der Waals surface area contributed by atoms with Crippen LogP contribution >= 0.6 is 0 Å². The lowest BCUT2D eigenvalue weighted by molar-refractivity contribution is -0.121. The molecule has 0 aliphatic carbocycles. The first-order valence-electron chi connectivity index (χ1n) is 8.21. The van der Waals surface area contributed by atoms with Crippen LogP contribution in [0.15, 0.2) is 42.5 Å². The Hall–Kier alpha value is -2.69. The Kier molecular flexibility index (Phi) is 6.69. The van der Waals surface area contributed by atoms with E-state index >= 15 is 0 Å². The molecule has 5 nitrogen and oxygen atoms in total. The van der Waals surface area contributed by atoms with Gasteiger partial charge >= 0.3 is 0 Å². The molecule has 2 aromatic rings. The predicted octanol–water partition coefficient (Wildman–Crippen LogP) is 3.52. The molecule has 0 radical (unpaired) electrons. The van der Waals surface area contributed by atoms with Crippen LogP contribution in [0.5, 0.6) is 17.2 Å². The lowest BCUT2D eigenvalue weighted by atomic mass is 10.1. The molecule has 0 saturated heterocycles. The third-order valence-corrected chi connectivity index (χ3v) is 4.08. The molecule has 1 atom stereocenters. The third-order valence-electron chi connectivity index (χ3n) is 4.08. The minimum Gasteiger partial charge on any atom is -0.497 e. The second-order valence-electron chi connectivity index (χ2n) is 5.75. The SMILES string of the molecule is COc1ccc([C@@H](C)NC(=O)CCc2ccc(OC)c(OC)c2)cc1. The van der Waals surface area contributed by atoms with Crippen molar-refractivity contribution in [3.05, 3.63) is 53.6 Å².